The van der Waals surface area contributed by atoms with E-state index in [4.69, 9.17) is 9.72 Å². The number of para-hydroxylation sites is 4. The largest absolute Gasteiger partial charge is 0.510 e. The van der Waals surface area contributed by atoms with Gasteiger partial charge in [0.1, 0.15) is 5.82 Å². The van der Waals surface area contributed by atoms with Gasteiger partial charge in [-0.1, -0.05) is 165 Å². The van der Waals surface area contributed by atoms with Crippen LogP contribution in [-0.4, -0.2) is 23.3 Å². The van der Waals surface area contributed by atoms with Crippen molar-refractivity contribution in [3.8, 4) is 56.6 Å². The van der Waals surface area contributed by atoms with E-state index in [1.807, 2.05) is 41.2 Å². The fourth-order valence-corrected chi connectivity index (χ4v) is 11.3. The van der Waals surface area contributed by atoms with Gasteiger partial charge in [-0.05, 0) is 80.7 Å². The van der Waals surface area contributed by atoms with Crippen LogP contribution in [0.5, 0.6) is 11.5 Å². The van der Waals surface area contributed by atoms with E-state index < -0.39 is 0 Å². The molecule has 0 saturated carbocycles. The Bertz CT molecular complexity index is 4440. The third-order valence-electron chi connectivity index (χ3n) is 14.7. The van der Waals surface area contributed by atoms with E-state index in [1.54, 1.807) is 0 Å². The summed E-state index contributed by atoms with van der Waals surface area (Å²) >= 11 is 0. The Morgan fingerprint density at radius 2 is 1.15 bits per heavy atom. The van der Waals surface area contributed by atoms with Crippen molar-refractivity contribution >= 4 is 65.4 Å². The van der Waals surface area contributed by atoms with Crippen molar-refractivity contribution in [1.29, 1.82) is 0 Å². The second-order valence-electron chi connectivity index (χ2n) is 20.1. The fourth-order valence-electron chi connectivity index (χ4n) is 11.3. The molecular formula is C67H48N6OPt-2. The number of aryl methyl sites for hydroxylation is 1. The predicted molar refractivity (Wildman–Crippen MR) is 300 cm³/mol. The number of benzene rings is 9. The second kappa shape index (κ2) is 18.0. The molecule has 0 N–H and O–H groups in total. The number of nitrogens with zero attached hydrogens (tertiary/aromatic N) is 6. The molecule has 0 aliphatic carbocycles. The van der Waals surface area contributed by atoms with Gasteiger partial charge in [-0.25, -0.2) is 4.98 Å². The summed E-state index contributed by atoms with van der Waals surface area (Å²) in [6.45, 7) is 6.75. The summed E-state index contributed by atoms with van der Waals surface area (Å²) in [5.41, 5.74) is 15.0. The topological polar surface area (TPSA) is 45.7 Å². The van der Waals surface area contributed by atoms with Crippen LogP contribution in [0.2, 0.25) is 0 Å². The minimum Gasteiger partial charge on any atom is -0.510 e. The Hall–Kier alpha value is -8.77. The van der Waals surface area contributed by atoms with Gasteiger partial charge in [-0.15, -0.1) is 24.3 Å². The first-order valence-corrected chi connectivity index (χ1v) is 25.1. The van der Waals surface area contributed by atoms with Gasteiger partial charge in [0.2, 0.25) is 0 Å². The van der Waals surface area contributed by atoms with Crippen LogP contribution in [0, 0.1) is 18.5 Å². The molecule has 5 aromatic heterocycles. The molecule has 364 valence electrons. The van der Waals surface area contributed by atoms with Crippen LogP contribution >= 0.6 is 0 Å². The maximum atomic E-state index is 6.86. The van der Waals surface area contributed by atoms with Gasteiger partial charge in [0.15, 0.2) is 0 Å². The quantitative estimate of drug-likeness (QED) is 0.112. The van der Waals surface area contributed by atoms with Crippen LogP contribution in [0.4, 0.5) is 0 Å². The number of pyridine rings is 1. The predicted octanol–water partition coefficient (Wildman–Crippen LogP) is 15.8. The van der Waals surface area contributed by atoms with E-state index in [0.29, 0.717) is 11.5 Å². The molecule has 0 saturated heterocycles. The monoisotopic (exact) mass is 1150 g/mol. The van der Waals surface area contributed by atoms with Gasteiger partial charge in [0.05, 0.1) is 27.8 Å². The fraction of sp³-hybridized carbons (Fsp3) is 0.0746. The van der Waals surface area contributed by atoms with Crippen molar-refractivity contribution in [2.45, 2.75) is 26.2 Å². The van der Waals surface area contributed by atoms with E-state index in [2.05, 4.69) is 247 Å². The van der Waals surface area contributed by atoms with Crippen molar-refractivity contribution in [2.24, 2.45) is 7.05 Å². The first-order valence-electron chi connectivity index (χ1n) is 25.1. The number of aromatic nitrogens is 6. The normalized spacial score (nSPS) is 11.9. The molecule has 0 aliphatic rings. The van der Waals surface area contributed by atoms with Crippen LogP contribution in [0.25, 0.3) is 111 Å². The van der Waals surface area contributed by atoms with E-state index in [0.717, 1.165) is 89.0 Å². The number of fused-ring (bicyclic) bond motifs is 12. The third-order valence-corrected chi connectivity index (χ3v) is 14.7. The van der Waals surface area contributed by atoms with Gasteiger partial charge >= 0.3 is 0 Å². The summed E-state index contributed by atoms with van der Waals surface area (Å²) < 4.78 is 18.0. The van der Waals surface area contributed by atoms with Crippen LogP contribution in [0.3, 0.4) is 0 Å². The zero-order valence-electron chi connectivity index (χ0n) is 41.7. The van der Waals surface area contributed by atoms with E-state index in [1.165, 1.54) is 27.1 Å². The molecule has 0 atom stereocenters. The van der Waals surface area contributed by atoms with Crippen LogP contribution in [0.1, 0.15) is 26.3 Å². The molecule has 0 amide bonds. The first kappa shape index (κ1) is 46.0. The summed E-state index contributed by atoms with van der Waals surface area (Å²) in [5.74, 6) is 1.93. The number of hydrogen-bond donors (Lipinski definition) is 0. The van der Waals surface area contributed by atoms with Crippen molar-refractivity contribution in [3.05, 3.63) is 243 Å². The SMILES string of the molecule is Cn1c2ccccc2c2c3c4ccccc4n(-c4ccccc4)c3c3c4ccc(Oc5[c-]c(-[n+]6[c-]n(-c7c(-c8ccccc8)cccc7-c7ccccc7)cc6)ccc5)[c-]c4n(-c4cc(C(C)(C)C)ccn4)c3c21.[Pt]. The van der Waals surface area contributed by atoms with Gasteiger partial charge in [-0.2, -0.15) is 18.2 Å². The molecule has 0 aliphatic heterocycles. The second-order valence-corrected chi connectivity index (χ2v) is 20.1. The molecule has 7 nitrogen and oxygen atoms in total. The minimum atomic E-state index is -0.122. The van der Waals surface area contributed by atoms with Crippen LogP contribution in [0.15, 0.2) is 219 Å². The Morgan fingerprint density at radius 1 is 0.533 bits per heavy atom. The summed E-state index contributed by atoms with van der Waals surface area (Å²) in [5, 5.41) is 6.99. The Kier molecular flexibility index (Phi) is 11.1. The zero-order valence-corrected chi connectivity index (χ0v) is 44.0. The van der Waals surface area contributed by atoms with Crippen molar-refractivity contribution < 1.29 is 30.4 Å². The number of ether oxygens (including phenoxy) is 1. The van der Waals surface area contributed by atoms with E-state index in [-0.39, 0.29) is 26.5 Å². The minimum absolute atomic E-state index is 0. The van der Waals surface area contributed by atoms with E-state index >= 15 is 0 Å². The van der Waals surface area contributed by atoms with Crippen molar-refractivity contribution in [1.82, 2.24) is 23.3 Å². The Morgan fingerprint density at radius 3 is 1.85 bits per heavy atom. The van der Waals surface area contributed by atoms with Gasteiger partial charge in [0.25, 0.3) is 6.33 Å². The molecule has 0 radical (unpaired) electrons. The summed E-state index contributed by atoms with van der Waals surface area (Å²) in [6.07, 6.45) is 9.65. The Labute approximate surface area is 449 Å². The molecule has 0 bridgehead atoms. The third kappa shape index (κ3) is 7.44. The van der Waals surface area contributed by atoms with Crippen LogP contribution < -0.4 is 9.30 Å². The summed E-state index contributed by atoms with van der Waals surface area (Å²) in [6, 6.07) is 77.9. The Balaban J connectivity index is 0.00000541. The molecule has 5 heterocycles. The standard InChI is InChI=1S/C67H48N6O.Pt/c1-67(2,3)46-36-37-68-59(40-46)73-58-42-50(74-49-27-18-26-48(41-49)70-38-39-71(43-70)63-51(44-20-8-5-9-21-44)30-19-31-52(63)45-22-10-6-11-23-45)34-35-55(58)62-64-60(61-53-28-14-16-32-56(53)69(4)65(61)66(62)73)54-29-15-17-33-57(54)72(64)47-24-12-7-13-25-47;/h5-40H,1-4H3;/q-2;. The first-order chi connectivity index (χ1) is 36.3. The molecular weight excluding hydrogens is 1100 g/mol. The van der Waals surface area contributed by atoms with Crippen LogP contribution in [-0.2, 0) is 33.5 Å². The smallest absolute Gasteiger partial charge is 0.267 e. The summed E-state index contributed by atoms with van der Waals surface area (Å²) in [4.78, 5) is 5.19. The molecule has 14 rings (SSSR count). The molecule has 8 heteroatoms. The molecule has 14 aromatic rings. The van der Waals surface area contributed by atoms with Gasteiger partial charge in [-0.3, -0.25) is 4.57 Å². The number of hydrogen-bond acceptors (Lipinski definition) is 2. The van der Waals surface area contributed by atoms with Gasteiger partial charge < -0.3 is 23.0 Å². The molecule has 0 spiro atoms. The van der Waals surface area contributed by atoms with E-state index in [9.17, 15) is 0 Å². The zero-order chi connectivity index (χ0) is 49.7. The number of imidazole rings is 1. The molecule has 0 unspecified atom stereocenters. The summed E-state index contributed by atoms with van der Waals surface area (Å²) in [7, 11) is 2.20. The molecule has 9 aromatic carbocycles. The van der Waals surface area contributed by atoms with Crippen molar-refractivity contribution in [2.75, 3.05) is 0 Å². The van der Waals surface area contributed by atoms with Crippen molar-refractivity contribution in [3.63, 3.8) is 0 Å². The average Bonchev–Trinajstić information content (AvgIpc) is 4.22. The maximum Gasteiger partial charge on any atom is 0.267 e. The molecule has 0 fully saturated rings. The number of rotatable bonds is 8. The average molecular weight is 1150 g/mol. The maximum absolute atomic E-state index is 6.86. The van der Waals surface area contributed by atoms with Gasteiger partial charge in [0, 0.05) is 91.0 Å². The molecule has 75 heavy (non-hydrogen) atoms.